The maximum absolute atomic E-state index is 13.3. The molecule has 2 saturated heterocycles. The van der Waals surface area contributed by atoms with Crippen LogP contribution in [0.5, 0.6) is 0 Å². The van der Waals surface area contributed by atoms with E-state index in [4.69, 9.17) is 16.2 Å². The number of rotatable bonds is 5. The number of halogens is 3. The molecule has 4 N–H and O–H groups in total. The van der Waals surface area contributed by atoms with E-state index in [0.29, 0.717) is 25.5 Å². The van der Waals surface area contributed by atoms with Crippen molar-refractivity contribution in [2.45, 2.75) is 49.0 Å². The molecular formula is C19H25F3N6OS. The van der Waals surface area contributed by atoms with E-state index >= 15 is 0 Å². The Morgan fingerprint density at radius 1 is 1.43 bits per heavy atom. The normalized spacial score (nSPS) is 22.6. The van der Waals surface area contributed by atoms with E-state index in [9.17, 15) is 13.2 Å². The minimum Gasteiger partial charge on any atom is -0.381 e. The maximum atomic E-state index is 13.3. The zero-order valence-electron chi connectivity index (χ0n) is 16.7. The van der Waals surface area contributed by atoms with Gasteiger partial charge in [0, 0.05) is 36.8 Å². The van der Waals surface area contributed by atoms with Gasteiger partial charge in [0.25, 0.3) is 0 Å². The van der Waals surface area contributed by atoms with Crippen molar-refractivity contribution in [1.29, 1.82) is 0 Å². The van der Waals surface area contributed by atoms with Gasteiger partial charge < -0.3 is 21.1 Å². The van der Waals surface area contributed by atoms with Gasteiger partial charge in [-0.05, 0) is 26.2 Å². The van der Waals surface area contributed by atoms with Crippen LogP contribution in [0.2, 0.25) is 0 Å². The lowest BCUT2D eigenvalue weighted by atomic mass is 9.85. The number of aromatic nitrogens is 2. The average molecular weight is 443 g/mol. The minimum atomic E-state index is -4.63. The SMILES string of the molecule is C=CN=C(/C(=C\C)Sc1ncc(N2CCC3(CC2)OCCC3N)nc1N)C(F)(F)F. The van der Waals surface area contributed by atoms with Crippen LogP contribution in [0.4, 0.5) is 24.8 Å². The summed E-state index contributed by atoms with van der Waals surface area (Å²) in [7, 11) is 0. The van der Waals surface area contributed by atoms with Crippen LogP contribution in [0.1, 0.15) is 26.2 Å². The molecule has 0 saturated carbocycles. The second-order valence-electron chi connectivity index (χ2n) is 7.13. The van der Waals surface area contributed by atoms with Crippen LogP contribution >= 0.6 is 11.8 Å². The second kappa shape index (κ2) is 8.94. The van der Waals surface area contributed by atoms with Crippen molar-refractivity contribution in [3.8, 4) is 0 Å². The largest absolute Gasteiger partial charge is 0.434 e. The molecule has 2 aliphatic heterocycles. The average Bonchev–Trinajstić information content (AvgIpc) is 3.05. The van der Waals surface area contributed by atoms with Crippen LogP contribution in [0, 0.1) is 0 Å². The fourth-order valence-electron chi connectivity index (χ4n) is 3.72. The predicted molar refractivity (Wildman–Crippen MR) is 112 cm³/mol. The number of alkyl halides is 3. The molecule has 2 aliphatic rings. The number of hydrogen-bond donors (Lipinski definition) is 2. The summed E-state index contributed by atoms with van der Waals surface area (Å²) in [5.41, 5.74) is 10.9. The number of piperidine rings is 1. The Labute approximate surface area is 177 Å². The number of nitrogen functional groups attached to an aromatic ring is 1. The van der Waals surface area contributed by atoms with Crippen LogP contribution in [0.15, 0.2) is 40.0 Å². The quantitative estimate of drug-likeness (QED) is 0.533. The van der Waals surface area contributed by atoms with E-state index in [1.807, 2.05) is 4.90 Å². The van der Waals surface area contributed by atoms with E-state index in [0.717, 1.165) is 37.2 Å². The lowest BCUT2D eigenvalue weighted by Gasteiger charge is -2.41. The van der Waals surface area contributed by atoms with Gasteiger partial charge in [0.15, 0.2) is 11.5 Å². The highest BCUT2D eigenvalue weighted by molar-refractivity contribution is 8.04. The van der Waals surface area contributed by atoms with Crippen molar-refractivity contribution >= 4 is 29.1 Å². The van der Waals surface area contributed by atoms with E-state index in [2.05, 4.69) is 21.5 Å². The number of thioether (sulfide) groups is 1. The first kappa shape index (κ1) is 22.6. The van der Waals surface area contributed by atoms with Crippen LogP contribution in [0.3, 0.4) is 0 Å². The zero-order valence-corrected chi connectivity index (χ0v) is 17.5. The second-order valence-corrected chi connectivity index (χ2v) is 8.16. The summed E-state index contributed by atoms with van der Waals surface area (Å²) in [5, 5.41) is 0.183. The van der Waals surface area contributed by atoms with Crippen molar-refractivity contribution in [3.63, 3.8) is 0 Å². The van der Waals surface area contributed by atoms with E-state index < -0.39 is 11.9 Å². The number of ether oxygens (including phenoxy) is 1. The molecule has 3 heterocycles. The van der Waals surface area contributed by atoms with Crippen molar-refractivity contribution in [2.75, 3.05) is 30.3 Å². The van der Waals surface area contributed by atoms with Gasteiger partial charge >= 0.3 is 6.18 Å². The fraction of sp³-hybridized carbons (Fsp3) is 0.526. The molecule has 164 valence electrons. The van der Waals surface area contributed by atoms with Gasteiger partial charge in [-0.15, -0.1) is 0 Å². The molecule has 0 radical (unpaired) electrons. The first-order chi connectivity index (χ1) is 14.2. The lowest BCUT2D eigenvalue weighted by molar-refractivity contribution is -0.0578. The summed E-state index contributed by atoms with van der Waals surface area (Å²) in [5.74, 6) is 0.641. The molecule has 3 rings (SSSR count). The highest BCUT2D eigenvalue weighted by Crippen LogP contribution is 2.38. The molecule has 1 atom stereocenters. The summed E-state index contributed by atoms with van der Waals surface area (Å²) < 4.78 is 45.8. The van der Waals surface area contributed by atoms with E-state index in [-0.39, 0.29) is 27.4 Å². The van der Waals surface area contributed by atoms with Crippen molar-refractivity contribution < 1.29 is 17.9 Å². The highest BCUT2D eigenvalue weighted by atomic mass is 32.2. The third-order valence-electron chi connectivity index (χ3n) is 5.37. The van der Waals surface area contributed by atoms with Crippen LogP contribution < -0.4 is 16.4 Å². The smallest absolute Gasteiger partial charge is 0.381 e. The molecule has 1 spiro atoms. The standard InChI is InChI=1S/C19H25F3N6OS/c1-3-12(15(25-4-2)19(20,21)22)30-17-16(24)27-14(11-26-17)28-8-6-18(7-9-28)13(23)5-10-29-18/h3-4,11,13H,2,5-10,23H2,1H3,(H2,24,27)/b12-3+,25-15?. The number of nitrogens with two attached hydrogens (primary N) is 2. The minimum absolute atomic E-state index is 0.0360. The molecule has 11 heteroatoms. The zero-order chi connectivity index (χ0) is 21.9. The molecular weight excluding hydrogens is 417 g/mol. The Bertz CT molecular complexity index is 849. The number of anilines is 2. The van der Waals surface area contributed by atoms with Gasteiger partial charge in [0.1, 0.15) is 10.8 Å². The molecule has 1 aromatic heterocycles. The molecule has 30 heavy (non-hydrogen) atoms. The fourth-order valence-corrected chi connectivity index (χ4v) is 4.57. The van der Waals surface area contributed by atoms with Gasteiger partial charge in [0.2, 0.25) is 0 Å². The lowest BCUT2D eigenvalue weighted by Crippen LogP contribution is -2.53. The monoisotopic (exact) mass is 442 g/mol. The highest BCUT2D eigenvalue weighted by Gasteiger charge is 2.44. The van der Waals surface area contributed by atoms with Crippen LogP contribution in [-0.2, 0) is 4.74 Å². The summed E-state index contributed by atoms with van der Waals surface area (Å²) in [6, 6.07) is 0.0360. The Morgan fingerprint density at radius 2 is 2.13 bits per heavy atom. The van der Waals surface area contributed by atoms with Crippen molar-refractivity contribution in [1.82, 2.24) is 9.97 Å². The molecule has 1 unspecified atom stereocenters. The number of aliphatic imine (C=N–C) groups is 1. The molecule has 0 bridgehead atoms. The molecule has 0 aromatic carbocycles. The summed E-state index contributed by atoms with van der Waals surface area (Å²) in [6.07, 6.45) is 1.48. The van der Waals surface area contributed by atoms with E-state index in [1.165, 1.54) is 19.2 Å². The van der Waals surface area contributed by atoms with Gasteiger partial charge in [-0.25, -0.2) is 9.97 Å². The summed E-state index contributed by atoms with van der Waals surface area (Å²) >= 11 is 0.770. The Kier molecular flexibility index (Phi) is 6.73. The van der Waals surface area contributed by atoms with Gasteiger partial charge in [-0.1, -0.05) is 24.4 Å². The molecule has 1 aromatic rings. The third-order valence-corrected chi connectivity index (χ3v) is 6.53. The van der Waals surface area contributed by atoms with Crippen LogP contribution in [0.25, 0.3) is 0 Å². The molecule has 0 amide bonds. The van der Waals surface area contributed by atoms with Gasteiger partial charge in [-0.2, -0.15) is 13.2 Å². The van der Waals surface area contributed by atoms with Crippen molar-refractivity contribution in [3.05, 3.63) is 30.0 Å². The Morgan fingerprint density at radius 3 is 2.63 bits per heavy atom. The number of nitrogens with zero attached hydrogens (tertiary/aromatic N) is 4. The number of hydrogen-bond acceptors (Lipinski definition) is 8. The molecule has 0 aliphatic carbocycles. The van der Waals surface area contributed by atoms with E-state index in [1.54, 1.807) is 0 Å². The predicted octanol–water partition coefficient (Wildman–Crippen LogP) is 3.29. The number of allylic oxidation sites excluding steroid dienone is 2. The van der Waals surface area contributed by atoms with Crippen molar-refractivity contribution in [2.24, 2.45) is 10.7 Å². The Hall–Kier alpha value is -2.11. The summed E-state index contributed by atoms with van der Waals surface area (Å²) in [6.45, 7) is 6.81. The Balaban J connectivity index is 1.73. The van der Waals surface area contributed by atoms with Crippen LogP contribution in [-0.4, -0.2) is 53.2 Å². The summed E-state index contributed by atoms with van der Waals surface area (Å²) in [4.78, 5) is 13.9. The molecule has 2 fully saturated rings. The van der Waals surface area contributed by atoms with Gasteiger partial charge in [-0.3, -0.25) is 4.99 Å². The first-order valence-corrected chi connectivity index (χ1v) is 10.4. The first-order valence-electron chi connectivity index (χ1n) is 9.57. The maximum Gasteiger partial charge on any atom is 0.434 e. The third kappa shape index (κ3) is 4.62. The topological polar surface area (TPSA) is 103 Å². The molecule has 7 nitrogen and oxygen atoms in total. The van der Waals surface area contributed by atoms with Gasteiger partial charge in [0.05, 0.1) is 11.8 Å².